The number of rotatable bonds is 4. The van der Waals surface area contributed by atoms with E-state index in [4.69, 9.17) is 0 Å². The second kappa shape index (κ2) is 7.45. The third-order valence-electron chi connectivity index (χ3n) is 3.64. The molecule has 1 saturated carbocycles. The monoisotopic (exact) mass is 380 g/mol. The average molecular weight is 380 g/mol. The SMILES string of the molecule is CC(C)(C)C(NC(=O)NCC1CCCCC1)C(=O)I. The molecular weight excluding hydrogens is 355 g/mol. The van der Waals surface area contributed by atoms with E-state index in [2.05, 4.69) is 10.6 Å². The van der Waals surface area contributed by atoms with Crippen molar-refractivity contribution in [2.24, 2.45) is 11.3 Å². The number of carbonyl (C=O) groups excluding carboxylic acids is 2. The van der Waals surface area contributed by atoms with Crippen molar-refractivity contribution < 1.29 is 9.59 Å². The fourth-order valence-corrected chi connectivity index (χ4v) is 3.51. The fourth-order valence-electron chi connectivity index (χ4n) is 2.42. The van der Waals surface area contributed by atoms with E-state index in [9.17, 15) is 9.59 Å². The molecule has 0 heterocycles. The topological polar surface area (TPSA) is 58.2 Å². The van der Waals surface area contributed by atoms with Gasteiger partial charge in [0.05, 0.1) is 0 Å². The predicted molar refractivity (Wildman–Crippen MR) is 85.4 cm³/mol. The summed E-state index contributed by atoms with van der Waals surface area (Å²) in [7, 11) is 0. The van der Waals surface area contributed by atoms with E-state index < -0.39 is 6.04 Å². The first kappa shape index (κ1) is 16.7. The molecular formula is C14H25IN2O2. The molecule has 5 heteroatoms. The summed E-state index contributed by atoms with van der Waals surface area (Å²) in [6, 6.07) is -0.671. The number of halogens is 1. The minimum Gasteiger partial charge on any atom is -0.338 e. The Morgan fingerprint density at radius 2 is 1.79 bits per heavy atom. The number of amides is 2. The zero-order valence-corrected chi connectivity index (χ0v) is 14.2. The van der Waals surface area contributed by atoms with Crippen LogP contribution in [0.5, 0.6) is 0 Å². The Labute approximate surface area is 129 Å². The lowest BCUT2D eigenvalue weighted by molar-refractivity contribution is -0.113. The highest BCUT2D eigenvalue weighted by atomic mass is 127. The van der Waals surface area contributed by atoms with Gasteiger partial charge < -0.3 is 10.6 Å². The summed E-state index contributed by atoms with van der Waals surface area (Å²) < 4.78 is -0.0297. The zero-order valence-electron chi connectivity index (χ0n) is 12.1. The van der Waals surface area contributed by atoms with E-state index in [0.29, 0.717) is 5.92 Å². The van der Waals surface area contributed by atoms with Crippen LogP contribution in [0.3, 0.4) is 0 Å². The molecule has 0 saturated heterocycles. The van der Waals surface area contributed by atoms with Crippen molar-refractivity contribution in [2.45, 2.75) is 58.9 Å². The van der Waals surface area contributed by atoms with E-state index in [-0.39, 0.29) is 15.2 Å². The Bertz CT molecular complexity index is 320. The van der Waals surface area contributed by atoms with Crippen molar-refractivity contribution in [3.05, 3.63) is 0 Å². The lowest BCUT2D eigenvalue weighted by atomic mass is 9.88. The van der Waals surface area contributed by atoms with Gasteiger partial charge in [0.1, 0.15) is 6.04 Å². The van der Waals surface area contributed by atoms with E-state index >= 15 is 0 Å². The fraction of sp³-hybridized carbons (Fsp3) is 0.857. The van der Waals surface area contributed by atoms with Gasteiger partial charge in [-0.3, -0.25) is 4.79 Å². The van der Waals surface area contributed by atoms with E-state index in [1.165, 1.54) is 32.1 Å². The van der Waals surface area contributed by atoms with Crippen molar-refractivity contribution in [3.8, 4) is 0 Å². The zero-order chi connectivity index (χ0) is 14.5. The van der Waals surface area contributed by atoms with Gasteiger partial charge in [0.15, 0.2) is 0 Å². The minimum atomic E-state index is -0.445. The molecule has 0 aromatic carbocycles. The molecule has 0 aliphatic heterocycles. The predicted octanol–water partition coefficient (Wildman–Crippen LogP) is 3.24. The van der Waals surface area contributed by atoms with Gasteiger partial charge >= 0.3 is 6.03 Å². The standard InChI is InChI=1S/C14H25IN2O2/c1-14(2,3)11(12(15)18)17-13(19)16-9-10-7-5-4-6-8-10/h10-11H,4-9H2,1-3H3,(H2,16,17,19). The summed E-state index contributed by atoms with van der Waals surface area (Å²) in [6.07, 6.45) is 6.26. The van der Waals surface area contributed by atoms with Gasteiger partial charge in [-0.15, -0.1) is 0 Å². The number of urea groups is 1. The van der Waals surface area contributed by atoms with Gasteiger partial charge in [-0.25, -0.2) is 4.79 Å². The second-order valence-electron chi connectivity index (χ2n) is 6.46. The Kier molecular flexibility index (Phi) is 6.56. The molecule has 0 spiro atoms. The summed E-state index contributed by atoms with van der Waals surface area (Å²) in [5.41, 5.74) is -0.263. The molecule has 4 nitrogen and oxygen atoms in total. The Morgan fingerprint density at radius 1 is 1.21 bits per heavy atom. The number of carbonyl (C=O) groups is 2. The van der Waals surface area contributed by atoms with Crippen LogP contribution in [0.25, 0.3) is 0 Å². The van der Waals surface area contributed by atoms with Crippen LogP contribution < -0.4 is 10.6 Å². The van der Waals surface area contributed by atoms with Crippen molar-refractivity contribution in [3.63, 3.8) is 0 Å². The van der Waals surface area contributed by atoms with Crippen LogP contribution in [-0.2, 0) is 4.79 Å². The summed E-state index contributed by atoms with van der Waals surface area (Å²) in [5, 5.41) is 5.69. The van der Waals surface area contributed by atoms with Crippen LogP contribution in [0.2, 0.25) is 0 Å². The van der Waals surface area contributed by atoms with Crippen LogP contribution in [0, 0.1) is 11.3 Å². The first-order valence-corrected chi connectivity index (χ1v) is 8.12. The van der Waals surface area contributed by atoms with Crippen LogP contribution >= 0.6 is 22.6 Å². The van der Waals surface area contributed by atoms with Crippen molar-refractivity contribution in [1.82, 2.24) is 10.6 Å². The van der Waals surface area contributed by atoms with E-state index in [0.717, 1.165) is 6.54 Å². The highest BCUT2D eigenvalue weighted by molar-refractivity contribution is 14.1. The lowest BCUT2D eigenvalue weighted by Gasteiger charge is -2.29. The molecule has 1 atom stereocenters. The van der Waals surface area contributed by atoms with Gasteiger partial charge in [-0.1, -0.05) is 40.0 Å². The summed E-state index contributed by atoms with van der Waals surface area (Å²) in [4.78, 5) is 23.4. The minimum absolute atomic E-state index is 0.0297. The summed E-state index contributed by atoms with van der Waals surface area (Å²) in [6.45, 7) is 6.58. The lowest BCUT2D eigenvalue weighted by Crippen LogP contribution is -2.51. The highest BCUT2D eigenvalue weighted by Crippen LogP contribution is 2.23. The average Bonchev–Trinajstić information content (AvgIpc) is 2.33. The molecule has 0 radical (unpaired) electrons. The van der Waals surface area contributed by atoms with Crippen LogP contribution in [-0.4, -0.2) is 22.4 Å². The maximum absolute atomic E-state index is 11.9. The van der Waals surface area contributed by atoms with E-state index in [1.54, 1.807) is 22.6 Å². The van der Waals surface area contributed by atoms with Gasteiger partial charge in [0, 0.05) is 29.1 Å². The Hall–Kier alpha value is -0.330. The van der Waals surface area contributed by atoms with Crippen LogP contribution in [0.15, 0.2) is 0 Å². The van der Waals surface area contributed by atoms with Crippen molar-refractivity contribution >= 4 is 32.4 Å². The number of nitrogens with one attached hydrogen (secondary N) is 2. The normalized spacial score (nSPS) is 18.7. The molecule has 2 N–H and O–H groups in total. The van der Waals surface area contributed by atoms with Gasteiger partial charge in [0.25, 0.3) is 0 Å². The molecule has 0 bridgehead atoms. The van der Waals surface area contributed by atoms with Crippen LogP contribution in [0.1, 0.15) is 52.9 Å². The molecule has 1 rings (SSSR count). The largest absolute Gasteiger partial charge is 0.338 e. The molecule has 0 aromatic heterocycles. The second-order valence-corrected chi connectivity index (χ2v) is 7.52. The first-order chi connectivity index (χ1) is 8.80. The third kappa shape index (κ3) is 6.10. The highest BCUT2D eigenvalue weighted by Gasteiger charge is 2.31. The smallest absolute Gasteiger partial charge is 0.315 e. The van der Waals surface area contributed by atoms with Crippen LogP contribution in [0.4, 0.5) is 4.79 Å². The number of hydrogen-bond donors (Lipinski definition) is 2. The van der Waals surface area contributed by atoms with Crippen molar-refractivity contribution in [2.75, 3.05) is 6.54 Å². The molecule has 1 unspecified atom stereocenters. The maximum atomic E-state index is 11.9. The number of hydrogen-bond acceptors (Lipinski definition) is 2. The summed E-state index contributed by atoms with van der Waals surface area (Å²) in [5.74, 6) is 0.600. The van der Waals surface area contributed by atoms with E-state index in [1.807, 2.05) is 20.8 Å². The Balaban J connectivity index is 2.38. The Morgan fingerprint density at radius 3 is 2.26 bits per heavy atom. The van der Waals surface area contributed by atoms with Crippen molar-refractivity contribution in [1.29, 1.82) is 0 Å². The molecule has 1 aliphatic rings. The third-order valence-corrected chi connectivity index (χ3v) is 4.27. The maximum Gasteiger partial charge on any atom is 0.315 e. The van der Waals surface area contributed by atoms with Gasteiger partial charge in [0.2, 0.25) is 3.79 Å². The van der Waals surface area contributed by atoms with Gasteiger partial charge in [-0.05, 0) is 24.2 Å². The first-order valence-electron chi connectivity index (χ1n) is 7.04. The molecule has 1 aliphatic carbocycles. The van der Waals surface area contributed by atoms with Gasteiger partial charge in [-0.2, -0.15) is 0 Å². The summed E-state index contributed by atoms with van der Waals surface area (Å²) >= 11 is 1.75. The molecule has 19 heavy (non-hydrogen) atoms. The molecule has 110 valence electrons. The molecule has 0 aromatic rings. The molecule has 2 amide bonds. The molecule has 1 fully saturated rings. The quantitative estimate of drug-likeness (QED) is 0.581.